The highest BCUT2D eigenvalue weighted by atomic mass is 16.5. The van der Waals surface area contributed by atoms with Gasteiger partial charge in [0.15, 0.2) is 0 Å². The van der Waals surface area contributed by atoms with Gasteiger partial charge in [-0.3, -0.25) is 9.20 Å². The second-order valence-electron chi connectivity index (χ2n) is 6.62. The lowest BCUT2D eigenvalue weighted by Gasteiger charge is -2.32. The number of pyridine rings is 1. The Morgan fingerprint density at radius 2 is 2.04 bits per heavy atom. The summed E-state index contributed by atoms with van der Waals surface area (Å²) in [6.07, 6.45) is 5.27. The third-order valence-electron chi connectivity index (χ3n) is 4.74. The number of aryl methyl sites for hydroxylation is 1. The molecule has 0 bridgehead atoms. The first-order valence-electron chi connectivity index (χ1n) is 8.84. The zero-order valence-corrected chi connectivity index (χ0v) is 14.7. The van der Waals surface area contributed by atoms with Gasteiger partial charge in [-0.15, -0.1) is 0 Å². The number of hydrogen-bond acceptors (Lipinski definition) is 6. The van der Waals surface area contributed by atoms with E-state index in [1.54, 1.807) is 16.7 Å². The van der Waals surface area contributed by atoms with Crippen LogP contribution in [0.1, 0.15) is 18.5 Å². The van der Waals surface area contributed by atoms with E-state index < -0.39 is 0 Å². The normalized spacial score (nSPS) is 15.3. The van der Waals surface area contributed by atoms with Crippen LogP contribution in [-0.2, 0) is 0 Å². The summed E-state index contributed by atoms with van der Waals surface area (Å²) in [7, 11) is 0. The van der Waals surface area contributed by atoms with Crippen molar-refractivity contribution in [2.45, 2.75) is 19.8 Å². The SMILES string of the molecule is Cc1cc(OCC2CCN(c3cc(=O)n4ccccc4n3)CC2)ncn1. The van der Waals surface area contributed by atoms with E-state index in [-0.39, 0.29) is 5.56 Å². The van der Waals surface area contributed by atoms with Crippen LogP contribution >= 0.6 is 0 Å². The Labute approximate surface area is 151 Å². The Kier molecular flexibility index (Phi) is 4.51. The molecule has 0 spiro atoms. The summed E-state index contributed by atoms with van der Waals surface area (Å²) in [5.41, 5.74) is 1.54. The number of rotatable bonds is 4. The topological polar surface area (TPSA) is 72.6 Å². The van der Waals surface area contributed by atoms with Crippen LogP contribution in [0.15, 0.2) is 47.7 Å². The van der Waals surface area contributed by atoms with E-state index in [0.29, 0.717) is 24.1 Å². The molecule has 0 aromatic carbocycles. The maximum Gasteiger partial charge on any atom is 0.259 e. The van der Waals surface area contributed by atoms with Crippen LogP contribution in [0.2, 0.25) is 0 Å². The van der Waals surface area contributed by atoms with Gasteiger partial charge in [-0.2, -0.15) is 0 Å². The van der Waals surface area contributed by atoms with Crippen molar-refractivity contribution in [1.82, 2.24) is 19.4 Å². The van der Waals surface area contributed by atoms with Crippen molar-refractivity contribution in [3.63, 3.8) is 0 Å². The van der Waals surface area contributed by atoms with Gasteiger partial charge in [0.1, 0.15) is 17.8 Å². The number of nitrogens with zero attached hydrogens (tertiary/aromatic N) is 5. The van der Waals surface area contributed by atoms with E-state index in [0.717, 1.165) is 37.4 Å². The third-order valence-corrected chi connectivity index (χ3v) is 4.74. The van der Waals surface area contributed by atoms with Gasteiger partial charge in [-0.1, -0.05) is 6.07 Å². The number of anilines is 1. The number of aromatic nitrogens is 4. The second-order valence-corrected chi connectivity index (χ2v) is 6.62. The molecule has 4 heterocycles. The van der Waals surface area contributed by atoms with Crippen LogP contribution in [0.25, 0.3) is 5.65 Å². The van der Waals surface area contributed by atoms with Crippen molar-refractivity contribution in [2.24, 2.45) is 5.92 Å². The lowest BCUT2D eigenvalue weighted by molar-refractivity contribution is 0.215. The van der Waals surface area contributed by atoms with Gasteiger partial charge in [-0.05, 0) is 37.8 Å². The van der Waals surface area contributed by atoms with Crippen LogP contribution in [0.5, 0.6) is 5.88 Å². The number of fused-ring (bicyclic) bond motifs is 1. The third kappa shape index (κ3) is 3.51. The number of hydrogen-bond donors (Lipinski definition) is 0. The fourth-order valence-corrected chi connectivity index (χ4v) is 3.24. The molecule has 1 aliphatic heterocycles. The first-order valence-corrected chi connectivity index (χ1v) is 8.84. The van der Waals surface area contributed by atoms with Crippen molar-refractivity contribution >= 4 is 11.5 Å². The summed E-state index contributed by atoms with van der Waals surface area (Å²) < 4.78 is 7.37. The fraction of sp³-hybridized carbons (Fsp3) is 0.368. The maximum atomic E-state index is 12.3. The van der Waals surface area contributed by atoms with E-state index in [4.69, 9.17) is 4.74 Å². The molecule has 0 radical (unpaired) electrons. The van der Waals surface area contributed by atoms with Gasteiger partial charge in [0.05, 0.1) is 6.61 Å². The van der Waals surface area contributed by atoms with Crippen LogP contribution < -0.4 is 15.2 Å². The van der Waals surface area contributed by atoms with Crippen LogP contribution in [0.4, 0.5) is 5.82 Å². The first-order chi connectivity index (χ1) is 12.7. The Bertz CT molecular complexity index is 963. The van der Waals surface area contributed by atoms with E-state index in [9.17, 15) is 4.79 Å². The molecule has 3 aromatic rings. The summed E-state index contributed by atoms with van der Waals surface area (Å²) in [4.78, 5) is 27.3. The molecule has 0 amide bonds. The van der Waals surface area contributed by atoms with Gasteiger partial charge in [-0.25, -0.2) is 15.0 Å². The largest absolute Gasteiger partial charge is 0.477 e. The molecule has 0 atom stereocenters. The van der Waals surface area contributed by atoms with Gasteiger partial charge in [0.25, 0.3) is 5.56 Å². The molecule has 1 saturated heterocycles. The molecular weight excluding hydrogens is 330 g/mol. The Balaban J connectivity index is 1.38. The standard InChI is InChI=1S/C19H21N5O2/c1-14-10-18(21-13-20-14)26-12-15-5-8-23(9-6-15)17-11-19(25)24-7-3-2-4-16(24)22-17/h2-4,7,10-11,13,15H,5-6,8-9,12H2,1H3. The van der Waals surface area contributed by atoms with Crippen molar-refractivity contribution in [3.05, 3.63) is 58.9 Å². The van der Waals surface area contributed by atoms with Gasteiger partial charge >= 0.3 is 0 Å². The van der Waals surface area contributed by atoms with Crippen LogP contribution in [0, 0.1) is 12.8 Å². The highest BCUT2D eigenvalue weighted by Gasteiger charge is 2.21. The first kappa shape index (κ1) is 16.5. The molecule has 26 heavy (non-hydrogen) atoms. The highest BCUT2D eigenvalue weighted by Crippen LogP contribution is 2.22. The minimum atomic E-state index is -0.0461. The lowest BCUT2D eigenvalue weighted by atomic mass is 9.98. The van der Waals surface area contributed by atoms with Crippen molar-refractivity contribution in [1.29, 1.82) is 0 Å². The van der Waals surface area contributed by atoms with Gasteiger partial charge < -0.3 is 9.64 Å². The second kappa shape index (κ2) is 7.11. The fourth-order valence-electron chi connectivity index (χ4n) is 3.24. The van der Waals surface area contributed by atoms with Crippen LogP contribution in [-0.4, -0.2) is 39.0 Å². The number of piperidine rings is 1. The smallest absolute Gasteiger partial charge is 0.259 e. The monoisotopic (exact) mass is 351 g/mol. The average molecular weight is 351 g/mol. The predicted octanol–water partition coefficient (Wildman–Crippen LogP) is 2.09. The quantitative estimate of drug-likeness (QED) is 0.717. The average Bonchev–Trinajstić information content (AvgIpc) is 2.67. The predicted molar refractivity (Wildman–Crippen MR) is 98.7 cm³/mol. The summed E-state index contributed by atoms with van der Waals surface area (Å²) >= 11 is 0. The van der Waals surface area contributed by atoms with Crippen LogP contribution in [0.3, 0.4) is 0 Å². The summed E-state index contributed by atoms with van der Waals surface area (Å²) in [5, 5.41) is 0. The van der Waals surface area contributed by atoms with E-state index >= 15 is 0 Å². The van der Waals surface area contributed by atoms with Gasteiger partial charge in [0, 0.05) is 37.1 Å². The lowest BCUT2D eigenvalue weighted by Crippen LogP contribution is -2.37. The van der Waals surface area contributed by atoms with E-state index in [1.807, 2.05) is 31.2 Å². The molecule has 4 rings (SSSR count). The highest BCUT2D eigenvalue weighted by molar-refractivity contribution is 5.48. The molecule has 0 aliphatic carbocycles. The summed E-state index contributed by atoms with van der Waals surface area (Å²) in [6.45, 7) is 4.31. The summed E-state index contributed by atoms with van der Waals surface area (Å²) in [5.74, 6) is 1.86. The minimum Gasteiger partial charge on any atom is -0.477 e. The molecule has 0 unspecified atom stereocenters. The molecule has 1 aliphatic rings. The Morgan fingerprint density at radius 1 is 1.19 bits per heavy atom. The zero-order chi connectivity index (χ0) is 17.9. The van der Waals surface area contributed by atoms with Crippen molar-refractivity contribution in [3.8, 4) is 5.88 Å². The molecular formula is C19H21N5O2. The van der Waals surface area contributed by atoms with E-state index in [2.05, 4.69) is 19.9 Å². The molecule has 134 valence electrons. The zero-order valence-electron chi connectivity index (χ0n) is 14.7. The molecule has 7 heteroatoms. The molecule has 7 nitrogen and oxygen atoms in total. The maximum absolute atomic E-state index is 12.3. The molecule has 1 fully saturated rings. The Morgan fingerprint density at radius 3 is 2.85 bits per heavy atom. The molecule has 0 saturated carbocycles. The van der Waals surface area contributed by atoms with Gasteiger partial charge in [0.2, 0.25) is 5.88 Å². The number of ether oxygens (including phenoxy) is 1. The van der Waals surface area contributed by atoms with Crippen molar-refractivity contribution < 1.29 is 4.74 Å². The summed E-state index contributed by atoms with van der Waals surface area (Å²) in [6, 6.07) is 9.05. The molecule has 3 aromatic heterocycles. The molecule has 0 N–H and O–H groups in total. The minimum absolute atomic E-state index is 0.0461. The Hall–Kier alpha value is -2.96. The van der Waals surface area contributed by atoms with E-state index in [1.165, 1.54) is 6.33 Å². The van der Waals surface area contributed by atoms with Crippen molar-refractivity contribution in [2.75, 3.05) is 24.6 Å².